The first-order valence-electron chi connectivity index (χ1n) is 8.20. The van der Waals surface area contributed by atoms with Gasteiger partial charge in [0.25, 0.3) is 0 Å². The van der Waals surface area contributed by atoms with Gasteiger partial charge in [0.2, 0.25) is 5.91 Å². The van der Waals surface area contributed by atoms with Crippen LogP contribution in [0.4, 0.5) is 0 Å². The molecule has 0 aromatic heterocycles. The van der Waals surface area contributed by atoms with Crippen LogP contribution in [-0.4, -0.2) is 66.7 Å². The van der Waals surface area contributed by atoms with Crippen LogP contribution in [0.2, 0.25) is 0 Å². The molecule has 5 heteroatoms. The Kier molecular flexibility index (Phi) is 3.58. The minimum Gasteiger partial charge on any atom is -0.377 e. The first kappa shape index (κ1) is 15.3. The normalized spacial score (nSPS) is 43.1. The molecule has 2 saturated heterocycles. The third-order valence-corrected chi connectivity index (χ3v) is 6.12. The number of hydrogen-bond acceptors (Lipinski definition) is 4. The fraction of sp³-hybridized carbons (Fsp3) is 0.938. The van der Waals surface area contributed by atoms with Crippen LogP contribution in [0.25, 0.3) is 0 Å². The smallest absolute Gasteiger partial charge is 0.243 e. The molecule has 2 aliphatic heterocycles. The van der Waals surface area contributed by atoms with Gasteiger partial charge in [0.1, 0.15) is 5.54 Å². The van der Waals surface area contributed by atoms with E-state index in [2.05, 4.69) is 32.7 Å². The lowest BCUT2D eigenvalue weighted by molar-refractivity contribution is -0.185. The molecule has 1 amide bonds. The van der Waals surface area contributed by atoms with Crippen molar-refractivity contribution in [3.63, 3.8) is 0 Å². The quantitative estimate of drug-likeness (QED) is 0.773. The molecule has 1 aliphatic carbocycles. The van der Waals surface area contributed by atoms with Gasteiger partial charge in [-0.15, -0.1) is 0 Å². The lowest BCUT2D eigenvalue weighted by Gasteiger charge is -2.62. The van der Waals surface area contributed by atoms with Crippen molar-refractivity contribution in [3.8, 4) is 0 Å². The van der Waals surface area contributed by atoms with Crippen LogP contribution in [0.5, 0.6) is 0 Å². The molecule has 3 rings (SSSR count). The Labute approximate surface area is 127 Å². The van der Waals surface area contributed by atoms with Crippen LogP contribution in [0.15, 0.2) is 0 Å². The minimum absolute atomic E-state index is 0.141. The summed E-state index contributed by atoms with van der Waals surface area (Å²) in [5, 5.41) is 0. The SMILES string of the molecule is CC1CN(C)CCCN1C(=O)C1(N)C2CCOC2C1(C)C. The average molecular weight is 295 g/mol. The van der Waals surface area contributed by atoms with Gasteiger partial charge < -0.3 is 20.3 Å². The van der Waals surface area contributed by atoms with Crippen LogP contribution in [0, 0.1) is 11.3 Å². The van der Waals surface area contributed by atoms with E-state index in [9.17, 15) is 4.79 Å². The largest absolute Gasteiger partial charge is 0.377 e. The van der Waals surface area contributed by atoms with Gasteiger partial charge in [0.15, 0.2) is 0 Å². The van der Waals surface area contributed by atoms with Crippen molar-refractivity contribution >= 4 is 5.91 Å². The number of nitrogens with two attached hydrogens (primary N) is 1. The summed E-state index contributed by atoms with van der Waals surface area (Å²) in [6.45, 7) is 9.84. The summed E-state index contributed by atoms with van der Waals surface area (Å²) in [6.07, 6.45) is 2.09. The molecule has 0 aromatic rings. The highest BCUT2D eigenvalue weighted by atomic mass is 16.5. The maximum atomic E-state index is 13.3. The standard InChI is InChI=1S/C16H29N3O2/c1-11-10-18(4)7-5-8-19(11)14(20)16(17)12-6-9-21-13(12)15(16,2)3/h11-13H,5-10,17H2,1-4H3. The van der Waals surface area contributed by atoms with E-state index in [0.29, 0.717) is 0 Å². The summed E-state index contributed by atoms with van der Waals surface area (Å²) in [5.41, 5.74) is 5.67. The molecule has 0 aromatic carbocycles. The number of hydrogen-bond donors (Lipinski definition) is 1. The molecule has 3 fully saturated rings. The summed E-state index contributed by atoms with van der Waals surface area (Å²) < 4.78 is 5.81. The molecular weight excluding hydrogens is 266 g/mol. The molecule has 21 heavy (non-hydrogen) atoms. The van der Waals surface area contributed by atoms with E-state index in [1.807, 2.05) is 4.90 Å². The third-order valence-electron chi connectivity index (χ3n) is 6.12. The Bertz CT molecular complexity index is 439. The summed E-state index contributed by atoms with van der Waals surface area (Å²) in [5.74, 6) is 0.329. The molecule has 2 heterocycles. The third kappa shape index (κ3) is 1.97. The van der Waals surface area contributed by atoms with E-state index in [-0.39, 0.29) is 29.4 Å². The predicted octanol–water partition coefficient (Wildman–Crippen LogP) is 0.681. The zero-order valence-corrected chi connectivity index (χ0v) is 13.8. The van der Waals surface area contributed by atoms with Crippen molar-refractivity contribution in [2.24, 2.45) is 17.1 Å². The summed E-state index contributed by atoms with van der Waals surface area (Å²) in [7, 11) is 2.12. The number of carbonyl (C=O) groups is 1. The molecule has 1 saturated carbocycles. The first-order chi connectivity index (χ1) is 9.80. The van der Waals surface area contributed by atoms with Gasteiger partial charge in [-0.3, -0.25) is 4.79 Å². The molecule has 4 unspecified atom stereocenters. The summed E-state index contributed by atoms with van der Waals surface area (Å²) in [4.78, 5) is 17.6. The van der Waals surface area contributed by atoms with Crippen LogP contribution in [0.3, 0.4) is 0 Å². The van der Waals surface area contributed by atoms with Gasteiger partial charge in [-0.25, -0.2) is 0 Å². The molecule has 0 radical (unpaired) electrons. The van der Waals surface area contributed by atoms with E-state index < -0.39 is 5.54 Å². The Morgan fingerprint density at radius 1 is 1.33 bits per heavy atom. The zero-order valence-electron chi connectivity index (χ0n) is 13.8. The number of rotatable bonds is 1. The van der Waals surface area contributed by atoms with E-state index in [1.54, 1.807) is 0 Å². The molecule has 2 N–H and O–H groups in total. The van der Waals surface area contributed by atoms with Gasteiger partial charge in [-0.2, -0.15) is 0 Å². The molecule has 5 nitrogen and oxygen atoms in total. The number of amides is 1. The van der Waals surface area contributed by atoms with Crippen LogP contribution < -0.4 is 5.73 Å². The second-order valence-corrected chi connectivity index (χ2v) is 7.74. The lowest BCUT2D eigenvalue weighted by Crippen LogP contribution is -2.80. The van der Waals surface area contributed by atoms with Gasteiger partial charge >= 0.3 is 0 Å². The Morgan fingerprint density at radius 2 is 2.05 bits per heavy atom. The minimum atomic E-state index is -0.759. The fourth-order valence-electron chi connectivity index (χ4n) is 4.73. The highest BCUT2D eigenvalue weighted by molar-refractivity contribution is 5.90. The molecule has 0 bridgehead atoms. The summed E-state index contributed by atoms with van der Waals surface area (Å²) >= 11 is 0. The second-order valence-electron chi connectivity index (χ2n) is 7.74. The van der Waals surface area contributed by atoms with Crippen molar-refractivity contribution in [2.75, 3.05) is 33.3 Å². The molecule has 0 spiro atoms. The Balaban J connectivity index is 1.84. The van der Waals surface area contributed by atoms with Crippen molar-refractivity contribution < 1.29 is 9.53 Å². The summed E-state index contributed by atoms with van der Waals surface area (Å²) in [6, 6.07) is 0.225. The second kappa shape index (κ2) is 4.93. The molecular formula is C16H29N3O2. The van der Waals surface area contributed by atoms with E-state index >= 15 is 0 Å². The van der Waals surface area contributed by atoms with Crippen LogP contribution >= 0.6 is 0 Å². The highest BCUT2D eigenvalue weighted by Gasteiger charge is 2.72. The molecule has 120 valence electrons. The van der Waals surface area contributed by atoms with Gasteiger partial charge in [-0.1, -0.05) is 13.8 Å². The lowest BCUT2D eigenvalue weighted by atomic mass is 9.47. The maximum absolute atomic E-state index is 13.3. The first-order valence-corrected chi connectivity index (χ1v) is 8.20. The number of carbonyl (C=O) groups excluding carboxylic acids is 1. The number of likely N-dealkylation sites (N-methyl/N-ethyl adjacent to an activating group) is 1. The Morgan fingerprint density at radius 3 is 2.76 bits per heavy atom. The van der Waals surface area contributed by atoms with Gasteiger partial charge in [0, 0.05) is 37.1 Å². The van der Waals surface area contributed by atoms with E-state index in [1.165, 1.54) is 0 Å². The van der Waals surface area contributed by atoms with Gasteiger partial charge in [-0.05, 0) is 33.4 Å². The van der Waals surface area contributed by atoms with Crippen LogP contribution in [0.1, 0.15) is 33.6 Å². The Hall–Kier alpha value is -0.650. The van der Waals surface area contributed by atoms with Crippen LogP contribution in [-0.2, 0) is 9.53 Å². The monoisotopic (exact) mass is 295 g/mol. The van der Waals surface area contributed by atoms with Crippen molar-refractivity contribution in [1.29, 1.82) is 0 Å². The highest BCUT2D eigenvalue weighted by Crippen LogP contribution is 2.58. The predicted molar refractivity (Wildman–Crippen MR) is 81.8 cm³/mol. The van der Waals surface area contributed by atoms with E-state index in [4.69, 9.17) is 10.5 Å². The number of nitrogens with zero attached hydrogens (tertiary/aromatic N) is 2. The zero-order chi connectivity index (χ0) is 15.4. The number of ether oxygens (including phenoxy) is 1. The molecule has 4 atom stereocenters. The van der Waals surface area contributed by atoms with Crippen molar-refractivity contribution in [3.05, 3.63) is 0 Å². The number of fused-ring (bicyclic) bond motifs is 1. The topological polar surface area (TPSA) is 58.8 Å². The molecule has 3 aliphatic rings. The van der Waals surface area contributed by atoms with Crippen molar-refractivity contribution in [1.82, 2.24) is 9.80 Å². The van der Waals surface area contributed by atoms with Crippen molar-refractivity contribution in [2.45, 2.75) is 51.3 Å². The van der Waals surface area contributed by atoms with E-state index in [0.717, 1.165) is 39.1 Å². The fourth-order valence-corrected chi connectivity index (χ4v) is 4.73. The maximum Gasteiger partial charge on any atom is 0.243 e. The average Bonchev–Trinajstić information content (AvgIpc) is 2.83. The van der Waals surface area contributed by atoms with Gasteiger partial charge in [0.05, 0.1) is 6.10 Å².